The van der Waals surface area contributed by atoms with Crippen LogP contribution in [0.25, 0.3) is 0 Å². The smallest absolute Gasteiger partial charge is 0.220 e. The zero-order chi connectivity index (χ0) is 13.6. The van der Waals surface area contributed by atoms with Crippen LogP contribution in [0.3, 0.4) is 0 Å². The number of hydrogen-bond acceptors (Lipinski definition) is 4. The molecule has 1 aromatic heterocycles. The summed E-state index contributed by atoms with van der Waals surface area (Å²) in [5, 5.41) is 6.04. The Labute approximate surface area is 143 Å². The molecule has 0 spiro atoms. The first-order valence-corrected chi connectivity index (χ1v) is 7.97. The predicted octanol–water partition coefficient (Wildman–Crippen LogP) is 2.94. The molecule has 0 atom stereocenters. The Morgan fingerprint density at radius 1 is 1.33 bits per heavy atom. The lowest BCUT2D eigenvalue weighted by molar-refractivity contribution is -0.123. The molecule has 1 aliphatic carbocycles. The van der Waals surface area contributed by atoms with Crippen LogP contribution in [0.2, 0.25) is 0 Å². The summed E-state index contributed by atoms with van der Waals surface area (Å²) < 4.78 is 0. The van der Waals surface area contributed by atoms with Crippen LogP contribution in [-0.2, 0) is 11.2 Å². The molecular formula is C14H25Cl2N3OS. The van der Waals surface area contributed by atoms with Crippen molar-refractivity contribution in [1.29, 1.82) is 0 Å². The molecule has 3 N–H and O–H groups in total. The topological polar surface area (TPSA) is 68.0 Å². The van der Waals surface area contributed by atoms with Crippen molar-refractivity contribution in [3.8, 4) is 0 Å². The summed E-state index contributed by atoms with van der Waals surface area (Å²) in [7, 11) is 0. The highest BCUT2D eigenvalue weighted by Crippen LogP contribution is 2.38. The van der Waals surface area contributed by atoms with Crippen molar-refractivity contribution < 1.29 is 4.79 Å². The first-order chi connectivity index (χ1) is 9.24. The van der Waals surface area contributed by atoms with Gasteiger partial charge in [0.05, 0.1) is 5.01 Å². The molecule has 0 aromatic carbocycles. The van der Waals surface area contributed by atoms with Gasteiger partial charge >= 0.3 is 0 Å². The number of thiazole rings is 1. The normalized spacial score (nSPS) is 16.4. The molecule has 0 bridgehead atoms. The Kier molecular flexibility index (Phi) is 10.2. The van der Waals surface area contributed by atoms with E-state index in [2.05, 4.69) is 10.3 Å². The first kappa shape index (κ1) is 20.6. The summed E-state index contributed by atoms with van der Waals surface area (Å²) in [6, 6.07) is 0. The van der Waals surface area contributed by atoms with Crippen molar-refractivity contribution in [1.82, 2.24) is 10.3 Å². The molecule has 0 aliphatic heterocycles. The standard InChI is InChI=1S/C14H23N3OS.2ClH/c15-11-14(5-2-1-3-6-14)10-12(18)16-7-4-13-17-8-9-19-13;;/h8-9H,1-7,10-11,15H2,(H,16,18);2*1H. The molecule has 2 rings (SSSR count). The Morgan fingerprint density at radius 3 is 2.62 bits per heavy atom. The van der Waals surface area contributed by atoms with Crippen molar-refractivity contribution in [3.63, 3.8) is 0 Å². The second-order valence-electron chi connectivity index (χ2n) is 5.47. The monoisotopic (exact) mass is 353 g/mol. The number of amides is 1. The Morgan fingerprint density at radius 2 is 2.05 bits per heavy atom. The summed E-state index contributed by atoms with van der Waals surface area (Å²) in [4.78, 5) is 16.2. The minimum absolute atomic E-state index is 0. The van der Waals surface area contributed by atoms with Gasteiger partial charge in [-0.15, -0.1) is 36.2 Å². The van der Waals surface area contributed by atoms with Crippen molar-refractivity contribution in [2.24, 2.45) is 11.1 Å². The minimum atomic E-state index is 0. The van der Waals surface area contributed by atoms with Gasteiger partial charge in [0.2, 0.25) is 5.91 Å². The minimum Gasteiger partial charge on any atom is -0.356 e. The third kappa shape index (κ3) is 6.51. The van der Waals surface area contributed by atoms with Crippen molar-refractivity contribution >= 4 is 42.1 Å². The largest absolute Gasteiger partial charge is 0.356 e. The van der Waals surface area contributed by atoms with Gasteiger partial charge in [-0.25, -0.2) is 4.98 Å². The number of carbonyl (C=O) groups is 1. The third-order valence-corrected chi connectivity index (χ3v) is 4.87. The van der Waals surface area contributed by atoms with Crippen LogP contribution in [0.15, 0.2) is 11.6 Å². The zero-order valence-corrected chi connectivity index (χ0v) is 14.6. The molecule has 0 saturated heterocycles. The maximum atomic E-state index is 12.0. The van der Waals surface area contributed by atoms with Crippen LogP contribution >= 0.6 is 36.2 Å². The van der Waals surface area contributed by atoms with Gasteiger partial charge in [0.25, 0.3) is 0 Å². The number of carbonyl (C=O) groups excluding carboxylic acids is 1. The Bertz CT molecular complexity index is 395. The van der Waals surface area contributed by atoms with E-state index in [1.807, 2.05) is 5.38 Å². The van der Waals surface area contributed by atoms with E-state index in [0.717, 1.165) is 24.3 Å². The molecule has 1 heterocycles. The fourth-order valence-electron chi connectivity index (χ4n) is 2.84. The molecule has 0 unspecified atom stereocenters. The fraction of sp³-hybridized carbons (Fsp3) is 0.714. The SMILES string of the molecule is Cl.Cl.NCC1(CC(=O)NCCc2nccs2)CCCCC1. The molecule has 0 radical (unpaired) electrons. The van der Waals surface area contributed by atoms with Gasteiger partial charge in [-0.1, -0.05) is 19.3 Å². The van der Waals surface area contributed by atoms with E-state index >= 15 is 0 Å². The van der Waals surface area contributed by atoms with E-state index in [1.165, 1.54) is 19.3 Å². The fourth-order valence-corrected chi connectivity index (χ4v) is 3.46. The lowest BCUT2D eigenvalue weighted by Gasteiger charge is -2.35. The summed E-state index contributed by atoms with van der Waals surface area (Å²) in [5.41, 5.74) is 5.96. The van der Waals surface area contributed by atoms with Crippen LogP contribution in [0.1, 0.15) is 43.5 Å². The van der Waals surface area contributed by atoms with Crippen LogP contribution in [0, 0.1) is 5.41 Å². The molecule has 122 valence electrons. The molecular weight excluding hydrogens is 329 g/mol. The van der Waals surface area contributed by atoms with E-state index in [4.69, 9.17) is 5.73 Å². The highest BCUT2D eigenvalue weighted by atomic mass is 35.5. The van der Waals surface area contributed by atoms with E-state index in [-0.39, 0.29) is 36.1 Å². The predicted molar refractivity (Wildman–Crippen MR) is 92.5 cm³/mol. The quantitative estimate of drug-likeness (QED) is 0.825. The van der Waals surface area contributed by atoms with Crippen LogP contribution in [0.5, 0.6) is 0 Å². The average Bonchev–Trinajstić information content (AvgIpc) is 2.93. The van der Waals surface area contributed by atoms with E-state index < -0.39 is 0 Å². The van der Waals surface area contributed by atoms with Crippen LogP contribution < -0.4 is 11.1 Å². The summed E-state index contributed by atoms with van der Waals surface area (Å²) in [6.07, 6.45) is 9.11. The number of aromatic nitrogens is 1. The van der Waals surface area contributed by atoms with Gasteiger partial charge in [0.15, 0.2) is 0 Å². The molecule has 4 nitrogen and oxygen atoms in total. The lowest BCUT2D eigenvalue weighted by Crippen LogP contribution is -2.39. The Hall–Kier alpha value is -0.360. The van der Waals surface area contributed by atoms with Gasteiger partial charge in [-0.05, 0) is 24.8 Å². The van der Waals surface area contributed by atoms with Gasteiger partial charge in [-0.2, -0.15) is 0 Å². The van der Waals surface area contributed by atoms with E-state index in [1.54, 1.807) is 17.5 Å². The van der Waals surface area contributed by atoms with Gasteiger partial charge in [0, 0.05) is 31.0 Å². The van der Waals surface area contributed by atoms with Crippen molar-refractivity contribution in [2.45, 2.75) is 44.9 Å². The first-order valence-electron chi connectivity index (χ1n) is 7.09. The molecule has 7 heteroatoms. The number of nitrogens with two attached hydrogens (primary N) is 1. The summed E-state index contributed by atoms with van der Waals surface area (Å²) in [5.74, 6) is 0.143. The van der Waals surface area contributed by atoms with Crippen LogP contribution in [-0.4, -0.2) is 24.0 Å². The third-order valence-electron chi connectivity index (χ3n) is 4.03. The van der Waals surface area contributed by atoms with Gasteiger partial charge in [0.1, 0.15) is 0 Å². The number of hydrogen-bond donors (Lipinski definition) is 2. The van der Waals surface area contributed by atoms with Crippen molar-refractivity contribution in [3.05, 3.63) is 16.6 Å². The second-order valence-corrected chi connectivity index (χ2v) is 6.45. The maximum Gasteiger partial charge on any atom is 0.220 e. The highest BCUT2D eigenvalue weighted by molar-refractivity contribution is 7.09. The lowest BCUT2D eigenvalue weighted by atomic mass is 9.71. The highest BCUT2D eigenvalue weighted by Gasteiger charge is 2.32. The van der Waals surface area contributed by atoms with Crippen LogP contribution in [0.4, 0.5) is 0 Å². The molecule has 1 saturated carbocycles. The summed E-state index contributed by atoms with van der Waals surface area (Å²) in [6.45, 7) is 1.31. The number of nitrogens with one attached hydrogen (secondary N) is 1. The molecule has 1 aliphatic rings. The molecule has 21 heavy (non-hydrogen) atoms. The number of nitrogens with zero attached hydrogens (tertiary/aromatic N) is 1. The van der Waals surface area contributed by atoms with E-state index in [9.17, 15) is 4.79 Å². The molecule has 1 amide bonds. The zero-order valence-electron chi connectivity index (χ0n) is 12.2. The average molecular weight is 354 g/mol. The molecule has 1 fully saturated rings. The number of halogens is 2. The number of rotatable bonds is 6. The van der Waals surface area contributed by atoms with Gasteiger partial charge in [-0.3, -0.25) is 4.79 Å². The summed E-state index contributed by atoms with van der Waals surface area (Å²) >= 11 is 1.63. The Balaban J connectivity index is 0.00000200. The second kappa shape index (κ2) is 10.4. The van der Waals surface area contributed by atoms with Gasteiger partial charge < -0.3 is 11.1 Å². The maximum absolute atomic E-state index is 12.0. The van der Waals surface area contributed by atoms with Crippen molar-refractivity contribution in [2.75, 3.05) is 13.1 Å². The van der Waals surface area contributed by atoms with E-state index in [0.29, 0.717) is 19.5 Å². The molecule has 1 aromatic rings.